The van der Waals surface area contributed by atoms with Gasteiger partial charge in [-0.05, 0) is 35.0 Å². The summed E-state index contributed by atoms with van der Waals surface area (Å²) in [4.78, 5) is 23.2. The van der Waals surface area contributed by atoms with Gasteiger partial charge in [0.1, 0.15) is 10.3 Å². The van der Waals surface area contributed by atoms with Crippen LogP contribution in [0.3, 0.4) is 0 Å². The Labute approximate surface area is 118 Å². The van der Waals surface area contributed by atoms with Crippen LogP contribution in [0.4, 0.5) is 0 Å². The fourth-order valence-corrected chi connectivity index (χ4v) is 2.70. The van der Waals surface area contributed by atoms with Crippen LogP contribution in [0.2, 0.25) is 0 Å². The number of thiazole rings is 1. The van der Waals surface area contributed by atoms with Gasteiger partial charge < -0.3 is 4.90 Å². The molecule has 0 saturated carbocycles. The minimum absolute atomic E-state index is 0.0950. The highest BCUT2D eigenvalue weighted by Crippen LogP contribution is 2.15. The van der Waals surface area contributed by atoms with Gasteiger partial charge in [-0.25, -0.2) is 9.97 Å². The van der Waals surface area contributed by atoms with Crippen LogP contribution in [0.1, 0.15) is 20.4 Å². The number of aryl methyl sites for hydroxylation is 1. The van der Waals surface area contributed by atoms with Crippen molar-refractivity contribution in [1.29, 1.82) is 0 Å². The van der Waals surface area contributed by atoms with Gasteiger partial charge in [0.2, 0.25) is 0 Å². The third-order valence-corrected chi connectivity index (χ3v) is 3.68. The van der Waals surface area contributed by atoms with Crippen molar-refractivity contribution in [2.45, 2.75) is 13.5 Å². The van der Waals surface area contributed by atoms with E-state index in [-0.39, 0.29) is 5.91 Å². The van der Waals surface area contributed by atoms with Crippen molar-refractivity contribution in [3.05, 3.63) is 44.6 Å². The van der Waals surface area contributed by atoms with Crippen LogP contribution in [-0.2, 0) is 6.54 Å². The molecule has 0 bridgehead atoms. The molecule has 0 saturated heterocycles. The number of hydrogen-bond acceptors (Lipinski definition) is 4. The Hall–Kier alpha value is -1.27. The fourth-order valence-electron chi connectivity index (χ4n) is 1.51. The summed E-state index contributed by atoms with van der Waals surface area (Å²) in [6.45, 7) is 2.50. The van der Waals surface area contributed by atoms with E-state index >= 15 is 0 Å². The largest absolute Gasteiger partial charge is 0.335 e. The lowest BCUT2D eigenvalue weighted by Gasteiger charge is -2.15. The number of rotatable bonds is 3. The average molecular weight is 326 g/mol. The number of amides is 1. The van der Waals surface area contributed by atoms with Gasteiger partial charge >= 0.3 is 0 Å². The van der Waals surface area contributed by atoms with Crippen molar-refractivity contribution in [3.63, 3.8) is 0 Å². The average Bonchev–Trinajstić information content (AvgIpc) is 2.73. The van der Waals surface area contributed by atoms with E-state index in [4.69, 9.17) is 0 Å². The minimum Gasteiger partial charge on any atom is -0.335 e. The molecule has 0 spiro atoms. The number of aromatic nitrogens is 2. The number of nitrogens with zero attached hydrogens (tertiary/aromatic N) is 3. The lowest BCUT2D eigenvalue weighted by Crippen LogP contribution is -2.26. The second-order valence-corrected chi connectivity index (χ2v) is 5.98. The predicted molar refractivity (Wildman–Crippen MR) is 74.6 cm³/mol. The van der Waals surface area contributed by atoms with Gasteiger partial charge in [0, 0.05) is 18.1 Å². The fraction of sp³-hybridized carbons (Fsp3) is 0.250. The van der Waals surface area contributed by atoms with Gasteiger partial charge in [0.15, 0.2) is 0 Å². The molecule has 0 aliphatic heterocycles. The highest BCUT2D eigenvalue weighted by atomic mass is 79.9. The van der Waals surface area contributed by atoms with Gasteiger partial charge in [-0.3, -0.25) is 4.79 Å². The Balaban J connectivity index is 2.09. The maximum atomic E-state index is 12.1. The summed E-state index contributed by atoms with van der Waals surface area (Å²) in [6.07, 6.45) is 1.80. The molecule has 94 valence electrons. The van der Waals surface area contributed by atoms with Crippen LogP contribution in [0.5, 0.6) is 0 Å². The molecule has 0 aliphatic carbocycles. The molecule has 0 atom stereocenters. The Kier molecular flexibility index (Phi) is 4.08. The predicted octanol–water partition coefficient (Wildman–Crippen LogP) is 2.88. The monoisotopic (exact) mass is 325 g/mol. The molecule has 2 rings (SSSR count). The first kappa shape index (κ1) is 13.2. The first-order chi connectivity index (χ1) is 8.56. The van der Waals surface area contributed by atoms with Gasteiger partial charge in [0.25, 0.3) is 5.91 Å². The van der Waals surface area contributed by atoms with Crippen LogP contribution in [0.15, 0.2) is 29.0 Å². The minimum atomic E-state index is -0.0950. The summed E-state index contributed by atoms with van der Waals surface area (Å²) in [5.74, 6) is -0.0950. The number of carbonyl (C=O) groups is 1. The Morgan fingerprint density at radius 1 is 1.50 bits per heavy atom. The molecule has 2 heterocycles. The standard InChI is InChI=1S/C12H12BrN3OS/c1-8-14-6-9(18-8)7-16(2)12(17)10-4-3-5-11(13)15-10/h3-6H,7H2,1-2H3. The van der Waals surface area contributed by atoms with E-state index in [0.29, 0.717) is 16.8 Å². The SMILES string of the molecule is Cc1ncc(CN(C)C(=O)c2cccc(Br)n2)s1. The van der Waals surface area contributed by atoms with Gasteiger partial charge in [0.05, 0.1) is 11.6 Å². The summed E-state index contributed by atoms with van der Waals surface area (Å²) in [6, 6.07) is 5.31. The van der Waals surface area contributed by atoms with Crippen molar-refractivity contribution in [3.8, 4) is 0 Å². The smallest absolute Gasteiger partial charge is 0.272 e. The molecule has 0 radical (unpaired) electrons. The molecule has 0 N–H and O–H groups in total. The second kappa shape index (κ2) is 5.58. The van der Waals surface area contributed by atoms with E-state index in [0.717, 1.165) is 9.88 Å². The summed E-state index contributed by atoms with van der Waals surface area (Å²) < 4.78 is 0.662. The van der Waals surface area contributed by atoms with Crippen LogP contribution in [0.25, 0.3) is 0 Å². The zero-order chi connectivity index (χ0) is 13.1. The molecule has 4 nitrogen and oxygen atoms in total. The van der Waals surface area contributed by atoms with Crippen LogP contribution in [0, 0.1) is 6.92 Å². The Bertz CT molecular complexity index is 570. The lowest BCUT2D eigenvalue weighted by molar-refractivity contribution is 0.0780. The summed E-state index contributed by atoms with van der Waals surface area (Å²) in [5, 5.41) is 1.01. The quantitative estimate of drug-likeness (QED) is 0.815. The van der Waals surface area contributed by atoms with E-state index in [9.17, 15) is 4.79 Å². The van der Waals surface area contributed by atoms with Crippen LogP contribution >= 0.6 is 27.3 Å². The summed E-state index contributed by atoms with van der Waals surface area (Å²) in [7, 11) is 1.76. The van der Waals surface area contributed by atoms with Gasteiger partial charge in [-0.15, -0.1) is 11.3 Å². The molecular formula is C12H12BrN3OS. The maximum absolute atomic E-state index is 12.1. The van der Waals surface area contributed by atoms with Crippen molar-refractivity contribution >= 4 is 33.2 Å². The Morgan fingerprint density at radius 3 is 2.89 bits per heavy atom. The van der Waals surface area contributed by atoms with Crippen molar-refractivity contribution < 1.29 is 4.79 Å². The van der Waals surface area contributed by atoms with Crippen molar-refractivity contribution in [2.75, 3.05) is 7.05 Å². The zero-order valence-corrected chi connectivity index (χ0v) is 12.5. The van der Waals surface area contributed by atoms with E-state index in [1.54, 1.807) is 47.7 Å². The third kappa shape index (κ3) is 3.14. The van der Waals surface area contributed by atoms with Crippen LogP contribution in [-0.4, -0.2) is 27.8 Å². The molecular weight excluding hydrogens is 314 g/mol. The molecule has 1 amide bonds. The number of carbonyl (C=O) groups excluding carboxylic acids is 1. The van der Waals surface area contributed by atoms with Crippen molar-refractivity contribution in [2.24, 2.45) is 0 Å². The molecule has 0 aliphatic rings. The van der Waals surface area contributed by atoms with E-state index in [1.165, 1.54) is 0 Å². The summed E-state index contributed by atoms with van der Waals surface area (Å²) >= 11 is 4.86. The molecule has 0 aromatic carbocycles. The first-order valence-corrected chi connectivity index (χ1v) is 6.96. The molecule has 0 fully saturated rings. The molecule has 2 aromatic heterocycles. The van der Waals surface area contributed by atoms with Gasteiger partial charge in [-0.2, -0.15) is 0 Å². The number of hydrogen-bond donors (Lipinski definition) is 0. The Morgan fingerprint density at radius 2 is 2.28 bits per heavy atom. The first-order valence-electron chi connectivity index (χ1n) is 5.35. The molecule has 6 heteroatoms. The zero-order valence-electron chi connectivity index (χ0n) is 10.1. The normalized spacial score (nSPS) is 10.4. The lowest BCUT2D eigenvalue weighted by atomic mass is 10.3. The number of pyridine rings is 1. The second-order valence-electron chi connectivity index (χ2n) is 3.85. The highest BCUT2D eigenvalue weighted by molar-refractivity contribution is 9.10. The van der Waals surface area contributed by atoms with Crippen LogP contribution < -0.4 is 0 Å². The van der Waals surface area contributed by atoms with Crippen molar-refractivity contribution in [1.82, 2.24) is 14.9 Å². The topological polar surface area (TPSA) is 46.1 Å². The molecule has 18 heavy (non-hydrogen) atoms. The third-order valence-electron chi connectivity index (χ3n) is 2.34. The van der Waals surface area contributed by atoms with Gasteiger partial charge in [-0.1, -0.05) is 6.07 Å². The van der Waals surface area contributed by atoms with E-state index in [1.807, 2.05) is 6.92 Å². The molecule has 2 aromatic rings. The van der Waals surface area contributed by atoms with E-state index in [2.05, 4.69) is 25.9 Å². The maximum Gasteiger partial charge on any atom is 0.272 e. The van der Waals surface area contributed by atoms with E-state index < -0.39 is 0 Å². The highest BCUT2D eigenvalue weighted by Gasteiger charge is 2.14. The summed E-state index contributed by atoms with van der Waals surface area (Å²) in [5.41, 5.74) is 0.438. The number of halogens is 1. The molecule has 0 unspecified atom stereocenters.